The first-order valence-corrected chi connectivity index (χ1v) is 10.9. The highest BCUT2D eigenvalue weighted by Crippen LogP contribution is 2.40. The number of methoxy groups -OCH3 is 1. The number of piperazine rings is 1. The summed E-state index contributed by atoms with van der Waals surface area (Å²) >= 11 is 0. The first-order valence-electron chi connectivity index (χ1n) is 10.9. The second-order valence-electron chi connectivity index (χ2n) is 7.96. The second-order valence-corrected chi connectivity index (χ2v) is 7.96. The third-order valence-corrected chi connectivity index (χ3v) is 5.84. The molecule has 7 nitrogen and oxygen atoms in total. The Balaban J connectivity index is 1.87. The Kier molecular flexibility index (Phi) is 6.95. The average Bonchev–Trinajstić information content (AvgIpc) is 2.88. The molecule has 180 valence electrons. The number of alkyl halides is 3. The molecule has 0 saturated carbocycles. The number of ether oxygens (including phenoxy) is 1. The molecule has 0 atom stereocenters. The molecule has 0 spiro atoms. The largest absolute Gasteiger partial charge is 0.465 e. The third kappa shape index (κ3) is 5.24. The molecule has 0 unspecified atom stereocenters. The smallest absolute Gasteiger partial charge is 0.416 e. The van der Waals surface area contributed by atoms with E-state index in [1.807, 2.05) is 24.3 Å². The maximum absolute atomic E-state index is 13.3. The van der Waals surface area contributed by atoms with Crippen molar-refractivity contribution < 1.29 is 22.7 Å². The summed E-state index contributed by atoms with van der Waals surface area (Å²) in [7, 11) is 1.18. The van der Waals surface area contributed by atoms with E-state index in [-0.39, 0.29) is 16.8 Å². The second kappa shape index (κ2) is 10.1. The lowest BCUT2D eigenvalue weighted by Crippen LogP contribution is -2.43. The lowest BCUT2D eigenvalue weighted by Gasteiger charge is -2.29. The number of esters is 1. The van der Waals surface area contributed by atoms with Crippen LogP contribution in [0.2, 0.25) is 0 Å². The predicted octanol–water partition coefficient (Wildman–Crippen LogP) is 6.18. The molecule has 0 bridgehead atoms. The highest BCUT2D eigenvalue weighted by molar-refractivity contribution is 6.01. The van der Waals surface area contributed by atoms with Crippen LogP contribution in [0.4, 0.5) is 24.5 Å². The van der Waals surface area contributed by atoms with Gasteiger partial charge in [0.1, 0.15) is 0 Å². The molecule has 35 heavy (non-hydrogen) atoms. The molecule has 1 aliphatic heterocycles. The minimum atomic E-state index is -4.52. The van der Waals surface area contributed by atoms with Gasteiger partial charge in [-0.15, -0.1) is 0 Å². The van der Waals surface area contributed by atoms with Crippen molar-refractivity contribution in [2.45, 2.75) is 6.18 Å². The molecule has 4 rings (SSSR count). The summed E-state index contributed by atoms with van der Waals surface area (Å²) in [5.74, 6) is -0.764. The first kappa shape index (κ1) is 24.1. The molecule has 3 aromatic carbocycles. The van der Waals surface area contributed by atoms with Gasteiger partial charge in [0.25, 0.3) is 0 Å². The van der Waals surface area contributed by atoms with E-state index in [9.17, 15) is 18.0 Å². The first-order chi connectivity index (χ1) is 16.8. The summed E-state index contributed by atoms with van der Waals surface area (Å²) < 4.78 is 44.8. The van der Waals surface area contributed by atoms with Crippen LogP contribution in [-0.4, -0.2) is 39.3 Å². The molecular weight excluding hydrogens is 459 g/mol. The zero-order valence-corrected chi connectivity index (χ0v) is 18.8. The van der Waals surface area contributed by atoms with Gasteiger partial charge in [-0.3, -0.25) is 0 Å². The molecule has 1 saturated heterocycles. The van der Waals surface area contributed by atoms with Gasteiger partial charge in [0, 0.05) is 36.8 Å². The fourth-order valence-electron chi connectivity index (χ4n) is 4.09. The van der Waals surface area contributed by atoms with Gasteiger partial charge >= 0.3 is 12.1 Å². The standard InChI is InChI=1S/C25H22F3N5O2/c1-35-24(34)22-15-18(17-3-2-4-19(13-17)25(26,27)28)14-21(23(22)31-32-29)16-5-7-20(8-6-16)33-11-9-30-10-12-33/h2-8,13-15,30H,9-12H2,1H3. The number of anilines is 1. The molecule has 1 aliphatic rings. The predicted molar refractivity (Wildman–Crippen MR) is 128 cm³/mol. The van der Waals surface area contributed by atoms with Crippen molar-refractivity contribution in [2.24, 2.45) is 5.11 Å². The van der Waals surface area contributed by atoms with E-state index in [4.69, 9.17) is 10.3 Å². The van der Waals surface area contributed by atoms with E-state index in [0.29, 0.717) is 16.7 Å². The Morgan fingerprint density at radius 3 is 2.37 bits per heavy atom. The summed E-state index contributed by atoms with van der Waals surface area (Å²) in [6.07, 6.45) is -4.52. The zero-order valence-electron chi connectivity index (χ0n) is 18.8. The average molecular weight is 481 g/mol. The van der Waals surface area contributed by atoms with Gasteiger partial charge in [0.2, 0.25) is 0 Å². The molecule has 1 heterocycles. The van der Waals surface area contributed by atoms with Crippen molar-refractivity contribution in [1.82, 2.24) is 5.32 Å². The van der Waals surface area contributed by atoms with Crippen molar-refractivity contribution in [2.75, 3.05) is 38.2 Å². The van der Waals surface area contributed by atoms with E-state index in [1.54, 1.807) is 6.07 Å². The van der Waals surface area contributed by atoms with Crippen LogP contribution >= 0.6 is 0 Å². The van der Waals surface area contributed by atoms with Crippen LogP contribution in [0.5, 0.6) is 0 Å². The third-order valence-electron chi connectivity index (χ3n) is 5.84. The molecular formula is C25H22F3N5O2. The highest BCUT2D eigenvalue weighted by Gasteiger charge is 2.30. The zero-order chi connectivity index (χ0) is 25.0. The number of hydrogen-bond donors (Lipinski definition) is 1. The molecule has 10 heteroatoms. The highest BCUT2D eigenvalue weighted by atomic mass is 19.4. The minimum Gasteiger partial charge on any atom is -0.465 e. The number of benzene rings is 3. The number of carbonyl (C=O) groups excluding carboxylic acids is 1. The van der Waals surface area contributed by atoms with Crippen LogP contribution in [0.1, 0.15) is 15.9 Å². The minimum absolute atomic E-state index is 0.0404. The molecule has 0 radical (unpaired) electrons. The van der Waals surface area contributed by atoms with Gasteiger partial charge < -0.3 is 15.0 Å². The van der Waals surface area contributed by atoms with Crippen LogP contribution in [0.3, 0.4) is 0 Å². The van der Waals surface area contributed by atoms with Crippen LogP contribution in [0.25, 0.3) is 32.7 Å². The number of rotatable bonds is 5. The molecule has 0 aliphatic carbocycles. The lowest BCUT2D eigenvalue weighted by atomic mass is 9.93. The van der Waals surface area contributed by atoms with Gasteiger partial charge in [0.15, 0.2) is 0 Å². The fourth-order valence-corrected chi connectivity index (χ4v) is 4.09. The van der Waals surface area contributed by atoms with Crippen molar-refractivity contribution >= 4 is 17.3 Å². The SMILES string of the molecule is COC(=O)c1cc(-c2cccc(C(F)(F)F)c2)cc(-c2ccc(N3CCNCC3)cc2)c1N=[N+]=[N-]. The topological polar surface area (TPSA) is 90.3 Å². The Morgan fingerprint density at radius 2 is 1.74 bits per heavy atom. The van der Waals surface area contributed by atoms with E-state index in [2.05, 4.69) is 20.2 Å². The molecule has 0 aromatic heterocycles. The normalized spacial score (nSPS) is 13.8. The maximum Gasteiger partial charge on any atom is 0.416 e. The number of hydrogen-bond acceptors (Lipinski definition) is 5. The Morgan fingerprint density at radius 1 is 1.03 bits per heavy atom. The van der Waals surface area contributed by atoms with Gasteiger partial charge in [-0.1, -0.05) is 29.4 Å². The fraction of sp³-hybridized carbons (Fsp3) is 0.240. The Labute approximate surface area is 199 Å². The van der Waals surface area contributed by atoms with Crippen molar-refractivity contribution in [3.8, 4) is 22.3 Å². The van der Waals surface area contributed by atoms with Crippen LogP contribution in [0, 0.1) is 0 Å². The van der Waals surface area contributed by atoms with Crippen molar-refractivity contribution in [3.63, 3.8) is 0 Å². The molecule has 0 amide bonds. The molecule has 3 aromatic rings. The summed E-state index contributed by atoms with van der Waals surface area (Å²) in [5, 5.41) is 7.04. The van der Waals surface area contributed by atoms with Crippen LogP contribution in [-0.2, 0) is 10.9 Å². The van der Waals surface area contributed by atoms with Gasteiger partial charge in [0.05, 0.1) is 23.9 Å². The number of nitrogens with zero attached hydrogens (tertiary/aromatic N) is 4. The van der Waals surface area contributed by atoms with E-state index < -0.39 is 17.7 Å². The van der Waals surface area contributed by atoms with Crippen molar-refractivity contribution in [1.29, 1.82) is 0 Å². The van der Waals surface area contributed by atoms with Crippen LogP contribution < -0.4 is 10.2 Å². The van der Waals surface area contributed by atoms with E-state index >= 15 is 0 Å². The monoisotopic (exact) mass is 481 g/mol. The number of halogens is 3. The van der Waals surface area contributed by atoms with Gasteiger partial charge in [-0.2, -0.15) is 13.2 Å². The van der Waals surface area contributed by atoms with Gasteiger partial charge in [-0.05, 0) is 64.2 Å². The van der Waals surface area contributed by atoms with Crippen molar-refractivity contribution in [3.05, 3.63) is 82.2 Å². The molecule has 1 fully saturated rings. The lowest BCUT2D eigenvalue weighted by molar-refractivity contribution is -0.137. The summed E-state index contributed by atoms with van der Waals surface area (Å²) in [6, 6.07) is 15.3. The number of carbonyl (C=O) groups is 1. The Hall–Kier alpha value is -4.01. The summed E-state index contributed by atoms with van der Waals surface area (Å²) in [6.45, 7) is 3.48. The number of azide groups is 1. The van der Waals surface area contributed by atoms with Gasteiger partial charge in [-0.25, -0.2) is 4.79 Å². The summed E-state index contributed by atoms with van der Waals surface area (Å²) in [4.78, 5) is 17.7. The summed E-state index contributed by atoms with van der Waals surface area (Å²) in [5.41, 5.74) is 11.0. The quantitative estimate of drug-likeness (QED) is 0.204. The van der Waals surface area contributed by atoms with E-state index in [1.165, 1.54) is 25.3 Å². The number of nitrogens with one attached hydrogen (secondary N) is 1. The Bertz CT molecular complexity index is 1280. The molecule has 1 N–H and O–H groups in total. The maximum atomic E-state index is 13.3. The van der Waals surface area contributed by atoms with E-state index in [0.717, 1.165) is 44.0 Å². The van der Waals surface area contributed by atoms with Crippen LogP contribution in [0.15, 0.2) is 65.8 Å².